The molecule has 0 spiro atoms. The van der Waals surface area contributed by atoms with Gasteiger partial charge in [0.05, 0.1) is 0 Å². The molecule has 1 heterocycles. The zero-order valence-corrected chi connectivity index (χ0v) is 16.4. The normalized spacial score (nSPS) is 14.7. The number of amides is 1. The van der Waals surface area contributed by atoms with E-state index >= 15 is 0 Å². The highest BCUT2D eigenvalue weighted by atomic mass is 19.1. The number of nitrogens with zero attached hydrogens (tertiary/aromatic N) is 2. The summed E-state index contributed by atoms with van der Waals surface area (Å²) in [4.78, 5) is 17.1. The Hall–Kier alpha value is -2.98. The van der Waals surface area contributed by atoms with Gasteiger partial charge in [0, 0.05) is 38.3 Å². The van der Waals surface area contributed by atoms with E-state index in [9.17, 15) is 9.18 Å². The molecule has 1 aliphatic heterocycles. The summed E-state index contributed by atoms with van der Waals surface area (Å²) in [6, 6.07) is 24.8. The Morgan fingerprint density at radius 3 is 2.03 bits per heavy atom. The highest BCUT2D eigenvalue weighted by Crippen LogP contribution is 2.20. The van der Waals surface area contributed by atoms with Gasteiger partial charge in [-0.1, -0.05) is 54.6 Å². The maximum atomic E-state index is 13.0. The molecule has 1 fully saturated rings. The highest BCUT2D eigenvalue weighted by Gasteiger charge is 2.22. The third kappa shape index (κ3) is 4.90. The van der Waals surface area contributed by atoms with Crippen LogP contribution in [0, 0.1) is 5.82 Å². The molecule has 0 radical (unpaired) electrons. The van der Waals surface area contributed by atoms with E-state index in [2.05, 4.69) is 17.0 Å². The number of benzene rings is 3. The van der Waals surface area contributed by atoms with Crippen LogP contribution in [0.2, 0.25) is 0 Å². The summed E-state index contributed by atoms with van der Waals surface area (Å²) in [5, 5.41) is 0. The van der Waals surface area contributed by atoms with E-state index in [1.54, 1.807) is 0 Å². The predicted octanol–water partition coefficient (Wildman–Crippen LogP) is 4.49. The van der Waals surface area contributed by atoms with Crippen molar-refractivity contribution in [1.29, 1.82) is 0 Å². The van der Waals surface area contributed by atoms with E-state index in [1.807, 2.05) is 59.5 Å². The smallest absolute Gasteiger partial charge is 0.253 e. The fourth-order valence-electron chi connectivity index (χ4n) is 3.73. The van der Waals surface area contributed by atoms with Crippen molar-refractivity contribution >= 4 is 5.91 Å². The number of hydrogen-bond donors (Lipinski definition) is 0. The quantitative estimate of drug-likeness (QED) is 0.643. The van der Waals surface area contributed by atoms with E-state index in [1.165, 1.54) is 12.1 Å². The van der Waals surface area contributed by atoms with Gasteiger partial charge in [-0.15, -0.1) is 0 Å². The molecule has 0 aromatic heterocycles. The van der Waals surface area contributed by atoms with Gasteiger partial charge in [-0.05, 0) is 47.4 Å². The summed E-state index contributed by atoms with van der Waals surface area (Å²) in [5.41, 5.74) is 4.15. The number of piperazine rings is 1. The van der Waals surface area contributed by atoms with Gasteiger partial charge in [0.25, 0.3) is 5.91 Å². The third-order valence-corrected chi connectivity index (χ3v) is 5.53. The van der Waals surface area contributed by atoms with Crippen molar-refractivity contribution in [3.05, 3.63) is 95.8 Å². The summed E-state index contributed by atoms with van der Waals surface area (Å²) < 4.78 is 13.0. The molecule has 0 atom stereocenters. The lowest BCUT2D eigenvalue weighted by Gasteiger charge is -2.34. The van der Waals surface area contributed by atoms with Gasteiger partial charge in [-0.3, -0.25) is 9.69 Å². The highest BCUT2D eigenvalue weighted by molar-refractivity contribution is 5.94. The molecule has 4 rings (SSSR count). The molecule has 3 aromatic rings. The Kier molecular flexibility index (Phi) is 6.01. The first kappa shape index (κ1) is 19.3. The van der Waals surface area contributed by atoms with Crippen LogP contribution in [0.5, 0.6) is 0 Å². The number of hydrogen-bond acceptors (Lipinski definition) is 2. The van der Waals surface area contributed by atoms with Gasteiger partial charge in [0.15, 0.2) is 0 Å². The topological polar surface area (TPSA) is 23.6 Å². The second-order valence-electron chi connectivity index (χ2n) is 7.45. The molecular weight excluding hydrogens is 363 g/mol. The molecule has 1 saturated heterocycles. The van der Waals surface area contributed by atoms with Crippen molar-refractivity contribution in [3.63, 3.8) is 0 Å². The van der Waals surface area contributed by atoms with Crippen LogP contribution in [0.1, 0.15) is 15.9 Å². The minimum Gasteiger partial charge on any atom is -0.336 e. The maximum Gasteiger partial charge on any atom is 0.253 e. The fraction of sp³-hybridized carbons (Fsp3) is 0.240. The van der Waals surface area contributed by atoms with Crippen molar-refractivity contribution < 1.29 is 9.18 Å². The first-order chi connectivity index (χ1) is 14.2. The van der Waals surface area contributed by atoms with Gasteiger partial charge < -0.3 is 4.90 Å². The van der Waals surface area contributed by atoms with Crippen LogP contribution in [-0.2, 0) is 6.42 Å². The van der Waals surface area contributed by atoms with Crippen molar-refractivity contribution in [2.45, 2.75) is 6.42 Å². The van der Waals surface area contributed by atoms with Crippen molar-refractivity contribution in [1.82, 2.24) is 9.80 Å². The number of carbonyl (C=O) groups is 1. The Morgan fingerprint density at radius 2 is 1.38 bits per heavy atom. The van der Waals surface area contributed by atoms with E-state index < -0.39 is 0 Å². The summed E-state index contributed by atoms with van der Waals surface area (Å²) in [7, 11) is 0. The maximum absolute atomic E-state index is 13.0. The Balaban J connectivity index is 1.29. The van der Waals surface area contributed by atoms with Crippen LogP contribution in [0.3, 0.4) is 0 Å². The molecule has 0 unspecified atom stereocenters. The fourth-order valence-corrected chi connectivity index (χ4v) is 3.73. The summed E-state index contributed by atoms with van der Waals surface area (Å²) >= 11 is 0. The largest absolute Gasteiger partial charge is 0.336 e. The third-order valence-electron chi connectivity index (χ3n) is 5.53. The summed E-state index contributed by atoms with van der Waals surface area (Å²) in [5.74, 6) is -0.0968. The molecule has 0 bridgehead atoms. The minimum atomic E-state index is -0.197. The zero-order valence-electron chi connectivity index (χ0n) is 16.4. The molecule has 0 saturated carbocycles. The first-order valence-corrected chi connectivity index (χ1v) is 10.1. The molecule has 1 amide bonds. The van der Waals surface area contributed by atoms with E-state index in [0.717, 1.165) is 61.4 Å². The standard InChI is InChI=1S/C25H25FN2O/c26-24-12-6-20(7-13-24)14-15-27-16-18-28(19-17-27)25(29)23-10-8-22(9-11-23)21-4-2-1-3-5-21/h1-13H,14-19H2. The molecule has 0 N–H and O–H groups in total. The Morgan fingerprint density at radius 1 is 0.759 bits per heavy atom. The van der Waals surface area contributed by atoms with Crippen LogP contribution < -0.4 is 0 Å². The first-order valence-electron chi connectivity index (χ1n) is 10.1. The summed E-state index contributed by atoms with van der Waals surface area (Å²) in [6.07, 6.45) is 0.898. The van der Waals surface area contributed by atoms with Gasteiger partial charge in [-0.2, -0.15) is 0 Å². The Bertz CT molecular complexity index is 931. The monoisotopic (exact) mass is 388 g/mol. The average molecular weight is 388 g/mol. The van der Waals surface area contributed by atoms with Crippen LogP contribution in [0.25, 0.3) is 11.1 Å². The second kappa shape index (κ2) is 9.01. The van der Waals surface area contributed by atoms with Gasteiger partial charge in [0.2, 0.25) is 0 Å². The number of carbonyl (C=O) groups excluding carboxylic acids is 1. The lowest BCUT2D eigenvalue weighted by molar-refractivity contribution is 0.0638. The van der Waals surface area contributed by atoms with Gasteiger partial charge >= 0.3 is 0 Å². The minimum absolute atomic E-state index is 0.0998. The molecule has 3 aromatic carbocycles. The lowest BCUT2D eigenvalue weighted by Crippen LogP contribution is -2.49. The van der Waals surface area contributed by atoms with Crippen LogP contribution >= 0.6 is 0 Å². The molecule has 29 heavy (non-hydrogen) atoms. The molecule has 3 nitrogen and oxygen atoms in total. The molecule has 1 aliphatic rings. The van der Waals surface area contributed by atoms with Crippen LogP contribution in [-0.4, -0.2) is 48.4 Å². The van der Waals surface area contributed by atoms with Crippen molar-refractivity contribution in [2.24, 2.45) is 0 Å². The van der Waals surface area contributed by atoms with Crippen LogP contribution in [0.4, 0.5) is 4.39 Å². The van der Waals surface area contributed by atoms with E-state index in [0.29, 0.717) is 0 Å². The van der Waals surface area contributed by atoms with Crippen LogP contribution in [0.15, 0.2) is 78.9 Å². The molecule has 0 aliphatic carbocycles. The van der Waals surface area contributed by atoms with Crippen molar-refractivity contribution in [2.75, 3.05) is 32.7 Å². The van der Waals surface area contributed by atoms with Gasteiger partial charge in [0.1, 0.15) is 5.82 Å². The number of rotatable bonds is 5. The summed E-state index contributed by atoms with van der Waals surface area (Å²) in [6.45, 7) is 4.15. The molecule has 148 valence electrons. The van der Waals surface area contributed by atoms with E-state index in [-0.39, 0.29) is 11.7 Å². The zero-order chi connectivity index (χ0) is 20.1. The van der Waals surface area contributed by atoms with Crippen molar-refractivity contribution in [3.8, 4) is 11.1 Å². The predicted molar refractivity (Wildman–Crippen MR) is 114 cm³/mol. The van der Waals surface area contributed by atoms with Gasteiger partial charge in [-0.25, -0.2) is 4.39 Å². The Labute approximate surface area is 171 Å². The molecular formula is C25H25FN2O. The average Bonchev–Trinajstić information content (AvgIpc) is 2.79. The second-order valence-corrected chi connectivity index (χ2v) is 7.45. The molecule has 4 heteroatoms. The lowest BCUT2D eigenvalue weighted by atomic mass is 10.0. The van der Waals surface area contributed by atoms with E-state index in [4.69, 9.17) is 0 Å². The SMILES string of the molecule is O=C(c1ccc(-c2ccccc2)cc1)N1CCN(CCc2ccc(F)cc2)CC1. The number of halogens is 1.